The smallest absolute Gasteiger partial charge is 0.246 e. The second-order valence-electron chi connectivity index (χ2n) is 7.82. The summed E-state index contributed by atoms with van der Waals surface area (Å²) in [5, 5.41) is 0. The standard InChI is InChI=1S/C21H25N3O4S/c1-16-6-7-18(28-2)19(13-16)29(26,27)24-12-9-21(15-24)8-11-23(20(21)25)14-17-5-3-4-10-22-17/h3-7,10,13H,8-9,11-12,14-15H2,1-2H3. The summed E-state index contributed by atoms with van der Waals surface area (Å²) in [6.07, 6.45) is 2.91. The molecule has 0 saturated carbocycles. The lowest BCUT2D eigenvalue weighted by atomic mass is 9.86. The molecule has 0 radical (unpaired) electrons. The molecule has 1 unspecified atom stereocenters. The van der Waals surface area contributed by atoms with E-state index in [1.807, 2.05) is 31.2 Å². The number of likely N-dealkylation sites (tertiary alicyclic amines) is 1. The summed E-state index contributed by atoms with van der Waals surface area (Å²) in [6.45, 7) is 3.48. The molecule has 2 fully saturated rings. The van der Waals surface area contributed by atoms with Crippen LogP contribution in [0.4, 0.5) is 0 Å². The van der Waals surface area contributed by atoms with Crippen LogP contribution in [-0.4, -0.2) is 55.3 Å². The maximum atomic E-state index is 13.3. The van der Waals surface area contributed by atoms with Crippen molar-refractivity contribution in [1.29, 1.82) is 0 Å². The Bertz CT molecular complexity index is 1030. The van der Waals surface area contributed by atoms with Gasteiger partial charge in [0.1, 0.15) is 10.6 Å². The molecule has 7 nitrogen and oxygen atoms in total. The van der Waals surface area contributed by atoms with Gasteiger partial charge in [-0.05, 0) is 49.6 Å². The predicted molar refractivity (Wildman–Crippen MR) is 108 cm³/mol. The zero-order chi connectivity index (χ0) is 20.6. The number of ether oxygens (including phenoxy) is 1. The number of nitrogens with zero attached hydrogens (tertiary/aromatic N) is 3. The van der Waals surface area contributed by atoms with E-state index < -0.39 is 15.4 Å². The number of rotatable bonds is 5. The highest BCUT2D eigenvalue weighted by Crippen LogP contribution is 2.43. The first-order valence-electron chi connectivity index (χ1n) is 9.70. The average molecular weight is 416 g/mol. The van der Waals surface area contributed by atoms with Gasteiger partial charge in [-0.2, -0.15) is 4.31 Å². The molecule has 2 aromatic rings. The highest BCUT2D eigenvalue weighted by atomic mass is 32.2. The summed E-state index contributed by atoms with van der Waals surface area (Å²) in [7, 11) is -2.28. The van der Waals surface area contributed by atoms with Crippen molar-refractivity contribution in [3.05, 3.63) is 53.9 Å². The molecule has 0 N–H and O–H groups in total. The van der Waals surface area contributed by atoms with Gasteiger partial charge in [0.15, 0.2) is 0 Å². The number of methoxy groups -OCH3 is 1. The maximum Gasteiger partial charge on any atom is 0.246 e. The van der Waals surface area contributed by atoms with Crippen LogP contribution in [0.5, 0.6) is 5.75 Å². The number of aromatic nitrogens is 1. The fourth-order valence-electron chi connectivity index (χ4n) is 4.27. The van der Waals surface area contributed by atoms with Crippen molar-refractivity contribution >= 4 is 15.9 Å². The SMILES string of the molecule is COc1ccc(C)cc1S(=O)(=O)N1CCC2(CCN(Cc3ccccn3)C2=O)C1. The second kappa shape index (κ2) is 7.42. The van der Waals surface area contributed by atoms with Gasteiger partial charge in [-0.15, -0.1) is 0 Å². The highest BCUT2D eigenvalue weighted by Gasteiger charge is 2.53. The Kier molecular flexibility index (Phi) is 5.08. The first kappa shape index (κ1) is 19.8. The molecule has 1 atom stereocenters. The largest absolute Gasteiger partial charge is 0.495 e. The van der Waals surface area contributed by atoms with Gasteiger partial charge >= 0.3 is 0 Å². The number of aryl methyl sites for hydroxylation is 1. The predicted octanol–water partition coefficient (Wildman–Crippen LogP) is 2.21. The Morgan fingerprint density at radius 2 is 1.97 bits per heavy atom. The molecule has 2 aliphatic heterocycles. The van der Waals surface area contributed by atoms with Gasteiger partial charge < -0.3 is 9.64 Å². The Morgan fingerprint density at radius 1 is 1.17 bits per heavy atom. The van der Waals surface area contributed by atoms with Crippen molar-refractivity contribution in [2.45, 2.75) is 31.2 Å². The summed E-state index contributed by atoms with van der Waals surface area (Å²) in [5.74, 6) is 0.350. The number of benzene rings is 1. The number of sulfonamides is 1. The molecule has 0 aliphatic carbocycles. The lowest BCUT2D eigenvalue weighted by molar-refractivity contribution is -0.135. The Hall–Kier alpha value is -2.45. The average Bonchev–Trinajstić information content (AvgIpc) is 3.29. The molecular weight excluding hydrogens is 390 g/mol. The fraction of sp³-hybridized carbons (Fsp3) is 0.429. The highest BCUT2D eigenvalue weighted by molar-refractivity contribution is 7.89. The van der Waals surface area contributed by atoms with Crippen molar-refractivity contribution in [2.24, 2.45) is 5.41 Å². The first-order chi connectivity index (χ1) is 13.9. The fourth-order valence-corrected chi connectivity index (χ4v) is 6.04. The molecular formula is C21H25N3O4S. The van der Waals surface area contributed by atoms with Gasteiger partial charge in [0.25, 0.3) is 0 Å². The summed E-state index contributed by atoms with van der Waals surface area (Å²) in [6, 6.07) is 10.8. The number of pyridine rings is 1. The van der Waals surface area contributed by atoms with Crippen molar-refractivity contribution < 1.29 is 17.9 Å². The molecule has 3 heterocycles. The van der Waals surface area contributed by atoms with Crippen LogP contribution in [-0.2, 0) is 21.4 Å². The minimum Gasteiger partial charge on any atom is -0.495 e. The Balaban J connectivity index is 1.54. The van der Waals surface area contributed by atoms with Gasteiger partial charge in [-0.3, -0.25) is 9.78 Å². The number of hydrogen-bond acceptors (Lipinski definition) is 5. The van der Waals surface area contributed by atoms with E-state index in [2.05, 4.69) is 4.98 Å². The molecule has 8 heteroatoms. The molecule has 1 spiro atoms. The van der Waals surface area contributed by atoms with Crippen LogP contribution in [0.2, 0.25) is 0 Å². The Morgan fingerprint density at radius 3 is 2.69 bits per heavy atom. The lowest BCUT2D eigenvalue weighted by Gasteiger charge is -2.24. The van der Waals surface area contributed by atoms with E-state index in [0.29, 0.717) is 38.2 Å². The van der Waals surface area contributed by atoms with Crippen LogP contribution in [0, 0.1) is 12.3 Å². The summed E-state index contributed by atoms with van der Waals surface area (Å²) in [5.41, 5.74) is 1.04. The maximum absolute atomic E-state index is 13.3. The number of carbonyl (C=O) groups is 1. The minimum atomic E-state index is -3.74. The van der Waals surface area contributed by atoms with Crippen LogP contribution < -0.4 is 4.74 Å². The van der Waals surface area contributed by atoms with Crippen LogP contribution in [0.3, 0.4) is 0 Å². The van der Waals surface area contributed by atoms with Crippen molar-refractivity contribution in [1.82, 2.24) is 14.2 Å². The van der Waals surface area contributed by atoms with Crippen molar-refractivity contribution in [3.8, 4) is 5.75 Å². The molecule has 1 aromatic heterocycles. The van der Waals surface area contributed by atoms with Crippen LogP contribution in [0.25, 0.3) is 0 Å². The van der Waals surface area contributed by atoms with Gasteiger partial charge in [0.05, 0.1) is 24.8 Å². The zero-order valence-electron chi connectivity index (χ0n) is 16.7. The summed E-state index contributed by atoms with van der Waals surface area (Å²) >= 11 is 0. The molecule has 2 aliphatic rings. The summed E-state index contributed by atoms with van der Waals surface area (Å²) < 4.78 is 33.3. The molecule has 1 aromatic carbocycles. The van der Waals surface area contributed by atoms with Gasteiger partial charge in [0.2, 0.25) is 15.9 Å². The third-order valence-electron chi connectivity index (χ3n) is 5.94. The molecule has 4 rings (SSSR count). The van der Waals surface area contributed by atoms with E-state index in [-0.39, 0.29) is 17.3 Å². The van der Waals surface area contributed by atoms with Crippen molar-refractivity contribution in [2.75, 3.05) is 26.7 Å². The van der Waals surface area contributed by atoms with Gasteiger partial charge in [0, 0.05) is 25.8 Å². The summed E-state index contributed by atoms with van der Waals surface area (Å²) in [4.78, 5) is 19.4. The van der Waals surface area contributed by atoms with E-state index in [1.165, 1.54) is 11.4 Å². The molecule has 2 saturated heterocycles. The van der Waals surface area contributed by atoms with E-state index in [4.69, 9.17) is 4.74 Å². The molecule has 154 valence electrons. The minimum absolute atomic E-state index is 0.0251. The van der Waals surface area contributed by atoms with Crippen LogP contribution >= 0.6 is 0 Å². The van der Waals surface area contributed by atoms with Gasteiger partial charge in [-0.25, -0.2) is 8.42 Å². The zero-order valence-corrected chi connectivity index (χ0v) is 17.5. The molecule has 0 bridgehead atoms. The molecule has 29 heavy (non-hydrogen) atoms. The number of hydrogen-bond donors (Lipinski definition) is 0. The normalized spacial score (nSPS) is 22.6. The van der Waals surface area contributed by atoms with E-state index in [0.717, 1.165) is 11.3 Å². The second-order valence-corrected chi connectivity index (χ2v) is 9.73. The van der Waals surface area contributed by atoms with Gasteiger partial charge in [-0.1, -0.05) is 12.1 Å². The molecule has 1 amide bonds. The monoisotopic (exact) mass is 415 g/mol. The topological polar surface area (TPSA) is 79.8 Å². The van der Waals surface area contributed by atoms with E-state index in [1.54, 1.807) is 23.2 Å². The lowest BCUT2D eigenvalue weighted by Crippen LogP contribution is -2.38. The van der Waals surface area contributed by atoms with E-state index >= 15 is 0 Å². The van der Waals surface area contributed by atoms with Crippen molar-refractivity contribution in [3.63, 3.8) is 0 Å². The number of amides is 1. The first-order valence-corrected chi connectivity index (χ1v) is 11.1. The Labute approximate surface area is 171 Å². The van der Waals surface area contributed by atoms with Crippen LogP contribution in [0.1, 0.15) is 24.1 Å². The third-order valence-corrected chi connectivity index (χ3v) is 7.80. The quantitative estimate of drug-likeness (QED) is 0.748. The third kappa shape index (κ3) is 3.51. The van der Waals surface area contributed by atoms with E-state index in [9.17, 15) is 13.2 Å². The van der Waals surface area contributed by atoms with Crippen LogP contribution in [0.15, 0.2) is 47.5 Å². The number of carbonyl (C=O) groups excluding carboxylic acids is 1.